The molecule has 0 bridgehead atoms. The largest absolute Gasteiger partial charge is 0.350 e. The van der Waals surface area contributed by atoms with E-state index in [1.807, 2.05) is 47.6 Å². The summed E-state index contributed by atoms with van der Waals surface area (Å²) in [5.41, 5.74) is 2.63. The van der Waals surface area contributed by atoms with Gasteiger partial charge in [0.2, 0.25) is 21.8 Å². The highest BCUT2D eigenvalue weighted by Gasteiger charge is 2.33. The zero-order valence-corrected chi connectivity index (χ0v) is 23.1. The van der Waals surface area contributed by atoms with E-state index in [0.717, 1.165) is 27.3 Å². The number of halogens is 1. The summed E-state index contributed by atoms with van der Waals surface area (Å²) in [5, 5.41) is 3.50. The Morgan fingerprint density at radius 2 is 1.63 bits per heavy atom. The third kappa shape index (κ3) is 8.25. The molecule has 35 heavy (non-hydrogen) atoms. The van der Waals surface area contributed by atoms with Crippen molar-refractivity contribution < 1.29 is 18.0 Å². The molecule has 7 nitrogen and oxygen atoms in total. The van der Waals surface area contributed by atoms with Gasteiger partial charge in [0.15, 0.2) is 0 Å². The lowest BCUT2D eigenvalue weighted by atomic mass is 10.1. The van der Waals surface area contributed by atoms with E-state index in [1.165, 1.54) is 4.90 Å². The van der Waals surface area contributed by atoms with E-state index >= 15 is 0 Å². The number of carbonyl (C=O) groups is 2. The van der Waals surface area contributed by atoms with Crippen LogP contribution in [0.15, 0.2) is 42.5 Å². The van der Waals surface area contributed by atoms with Crippen LogP contribution in [0, 0.1) is 13.8 Å². The van der Waals surface area contributed by atoms with Gasteiger partial charge in [-0.3, -0.25) is 13.9 Å². The highest BCUT2D eigenvalue weighted by atomic mass is 35.5. The van der Waals surface area contributed by atoms with Crippen molar-refractivity contribution in [1.29, 1.82) is 0 Å². The number of anilines is 1. The van der Waals surface area contributed by atoms with Crippen LogP contribution in [0.2, 0.25) is 5.02 Å². The van der Waals surface area contributed by atoms with Crippen LogP contribution in [0.5, 0.6) is 0 Å². The van der Waals surface area contributed by atoms with E-state index in [4.69, 9.17) is 11.6 Å². The number of aryl methyl sites for hydroxylation is 2. The summed E-state index contributed by atoms with van der Waals surface area (Å²) in [6.45, 7) is 11.0. The third-order valence-electron chi connectivity index (χ3n) is 5.61. The monoisotopic (exact) mass is 521 g/mol. The third-order valence-corrected chi connectivity index (χ3v) is 7.00. The molecule has 1 atom stereocenters. The molecule has 1 N–H and O–H groups in total. The smallest absolute Gasteiger partial charge is 0.244 e. The van der Waals surface area contributed by atoms with Gasteiger partial charge < -0.3 is 10.2 Å². The molecule has 2 amide bonds. The summed E-state index contributed by atoms with van der Waals surface area (Å²) in [6.07, 6.45) is 1.44. The van der Waals surface area contributed by atoms with Crippen molar-refractivity contribution in [2.24, 2.45) is 0 Å². The Labute approximate surface area is 214 Å². The molecule has 192 valence electrons. The second kappa shape index (κ2) is 11.4. The summed E-state index contributed by atoms with van der Waals surface area (Å²) in [5.74, 6) is -0.765. The van der Waals surface area contributed by atoms with Crippen molar-refractivity contribution in [3.63, 3.8) is 0 Å². The number of rotatable bonds is 9. The van der Waals surface area contributed by atoms with Gasteiger partial charge in [-0.15, -0.1) is 0 Å². The van der Waals surface area contributed by atoms with E-state index in [1.54, 1.807) is 36.4 Å². The maximum atomic E-state index is 13.7. The van der Waals surface area contributed by atoms with E-state index in [9.17, 15) is 18.0 Å². The Balaban J connectivity index is 2.47. The second-order valence-electron chi connectivity index (χ2n) is 9.85. The number of hydrogen-bond donors (Lipinski definition) is 1. The number of amides is 2. The maximum absolute atomic E-state index is 13.7. The van der Waals surface area contributed by atoms with Crippen molar-refractivity contribution in [3.8, 4) is 0 Å². The molecule has 0 aliphatic rings. The lowest BCUT2D eigenvalue weighted by Gasteiger charge is -2.34. The fourth-order valence-corrected chi connectivity index (χ4v) is 4.62. The minimum Gasteiger partial charge on any atom is -0.350 e. The molecular weight excluding hydrogens is 486 g/mol. The fraction of sp³-hybridized carbons (Fsp3) is 0.462. The maximum Gasteiger partial charge on any atom is 0.244 e. The summed E-state index contributed by atoms with van der Waals surface area (Å²) in [4.78, 5) is 28.3. The van der Waals surface area contributed by atoms with Gasteiger partial charge in [0.1, 0.15) is 12.6 Å². The molecule has 0 saturated carbocycles. The Bertz CT molecular complexity index is 1160. The van der Waals surface area contributed by atoms with Crippen LogP contribution >= 0.6 is 11.6 Å². The van der Waals surface area contributed by atoms with Crippen LogP contribution in [-0.4, -0.2) is 49.5 Å². The summed E-state index contributed by atoms with van der Waals surface area (Å²) in [7, 11) is -3.77. The number of hydrogen-bond acceptors (Lipinski definition) is 4. The Hall–Kier alpha value is -2.58. The predicted molar refractivity (Wildman–Crippen MR) is 142 cm³/mol. The molecule has 0 fully saturated rings. The van der Waals surface area contributed by atoms with Crippen LogP contribution in [0.1, 0.15) is 50.8 Å². The van der Waals surface area contributed by atoms with Gasteiger partial charge in [-0.25, -0.2) is 8.42 Å². The van der Waals surface area contributed by atoms with Crippen molar-refractivity contribution in [2.75, 3.05) is 17.1 Å². The number of benzene rings is 2. The molecule has 0 aromatic heterocycles. The number of carbonyl (C=O) groups excluding carboxylic acids is 2. The first-order valence-electron chi connectivity index (χ1n) is 11.5. The molecule has 2 aromatic carbocycles. The van der Waals surface area contributed by atoms with Crippen LogP contribution in [0.3, 0.4) is 0 Å². The van der Waals surface area contributed by atoms with Gasteiger partial charge in [0.05, 0.1) is 11.9 Å². The minimum absolute atomic E-state index is 0.136. The van der Waals surface area contributed by atoms with Crippen LogP contribution in [0.4, 0.5) is 5.69 Å². The predicted octanol–water partition coefficient (Wildman–Crippen LogP) is 4.44. The average Bonchev–Trinajstić information content (AvgIpc) is 2.73. The van der Waals surface area contributed by atoms with Gasteiger partial charge in [-0.2, -0.15) is 0 Å². The van der Waals surface area contributed by atoms with Gasteiger partial charge in [0.25, 0.3) is 0 Å². The molecule has 2 aromatic rings. The molecule has 0 saturated heterocycles. The van der Waals surface area contributed by atoms with Gasteiger partial charge in [0, 0.05) is 17.1 Å². The zero-order valence-electron chi connectivity index (χ0n) is 21.6. The molecule has 0 aliphatic carbocycles. The highest BCUT2D eigenvalue weighted by molar-refractivity contribution is 7.92. The number of nitrogens with zero attached hydrogens (tertiary/aromatic N) is 2. The standard InChI is InChI=1S/C26H36ClN3O4S/c1-8-23(25(32)28-26(4,5)6)29(16-20-10-12-21(27)13-11-20)24(31)17-30(35(7,33)34)22-14-9-18(2)19(3)15-22/h9-15,23H,8,16-17H2,1-7H3,(H,28,32)/t23-/m1/s1. The normalized spacial score (nSPS) is 12.7. The number of sulfonamides is 1. The van der Waals surface area contributed by atoms with Crippen molar-refractivity contribution in [1.82, 2.24) is 10.2 Å². The minimum atomic E-state index is -3.77. The molecular formula is C26H36ClN3O4S. The molecule has 0 unspecified atom stereocenters. The van der Waals surface area contributed by atoms with E-state index < -0.39 is 34.1 Å². The van der Waals surface area contributed by atoms with E-state index in [0.29, 0.717) is 17.1 Å². The van der Waals surface area contributed by atoms with Crippen molar-refractivity contribution >= 4 is 39.1 Å². The lowest BCUT2D eigenvalue weighted by Crippen LogP contribution is -2.55. The summed E-state index contributed by atoms with van der Waals surface area (Å²) in [6, 6.07) is 11.5. The SMILES string of the molecule is CC[C@H](C(=O)NC(C)(C)C)N(Cc1ccc(Cl)cc1)C(=O)CN(c1ccc(C)c(C)c1)S(C)(=O)=O. The van der Waals surface area contributed by atoms with E-state index in [-0.39, 0.29) is 12.5 Å². The van der Waals surface area contributed by atoms with Crippen molar-refractivity contribution in [2.45, 2.75) is 66.1 Å². The second-order valence-corrected chi connectivity index (χ2v) is 12.2. The molecule has 0 heterocycles. The van der Waals surface area contributed by atoms with Gasteiger partial charge in [-0.05, 0) is 82.0 Å². The van der Waals surface area contributed by atoms with Crippen LogP contribution < -0.4 is 9.62 Å². The highest BCUT2D eigenvalue weighted by Crippen LogP contribution is 2.23. The Morgan fingerprint density at radius 1 is 1.03 bits per heavy atom. The summed E-state index contributed by atoms with van der Waals surface area (Å²) >= 11 is 6.02. The molecule has 9 heteroatoms. The van der Waals surface area contributed by atoms with Crippen molar-refractivity contribution in [3.05, 3.63) is 64.2 Å². The fourth-order valence-electron chi connectivity index (χ4n) is 3.65. The molecule has 0 spiro atoms. The lowest BCUT2D eigenvalue weighted by molar-refractivity contribution is -0.141. The van der Waals surface area contributed by atoms with E-state index in [2.05, 4.69) is 5.32 Å². The number of nitrogens with one attached hydrogen (secondary N) is 1. The molecule has 0 aliphatic heterocycles. The quantitative estimate of drug-likeness (QED) is 0.528. The molecule has 2 rings (SSSR count). The van der Waals surface area contributed by atoms with Gasteiger partial charge in [-0.1, -0.05) is 36.7 Å². The average molecular weight is 522 g/mol. The Kier molecular flexibility index (Phi) is 9.36. The summed E-state index contributed by atoms with van der Waals surface area (Å²) < 4.78 is 26.5. The first-order valence-corrected chi connectivity index (χ1v) is 13.8. The zero-order chi connectivity index (χ0) is 26.6. The first-order chi connectivity index (χ1) is 16.1. The van der Waals surface area contributed by atoms with Crippen LogP contribution in [0.25, 0.3) is 0 Å². The van der Waals surface area contributed by atoms with Gasteiger partial charge >= 0.3 is 0 Å². The Morgan fingerprint density at radius 3 is 2.11 bits per heavy atom. The van der Waals surface area contributed by atoms with Crippen LogP contribution in [-0.2, 0) is 26.2 Å². The first kappa shape index (κ1) is 28.7. The topological polar surface area (TPSA) is 86.8 Å². The molecule has 0 radical (unpaired) electrons.